The van der Waals surface area contributed by atoms with E-state index >= 15 is 0 Å². The summed E-state index contributed by atoms with van der Waals surface area (Å²) in [6.07, 6.45) is 0. The zero-order valence-corrected chi connectivity index (χ0v) is 17.9. The molecule has 0 radical (unpaired) electrons. The number of aromatic carboxylic acids is 1. The molecule has 0 aliphatic heterocycles. The van der Waals surface area contributed by atoms with Crippen molar-refractivity contribution in [3.8, 4) is 5.75 Å². The van der Waals surface area contributed by atoms with Gasteiger partial charge in [-0.1, -0.05) is 48.3 Å². The summed E-state index contributed by atoms with van der Waals surface area (Å²) >= 11 is 12.1. The number of benzene rings is 3. The lowest BCUT2D eigenvalue weighted by Crippen LogP contribution is -2.11. The van der Waals surface area contributed by atoms with Crippen molar-refractivity contribution in [1.29, 1.82) is 0 Å². The van der Waals surface area contributed by atoms with Gasteiger partial charge in [0.2, 0.25) is 0 Å². The molecule has 2 N–H and O–H groups in total. The number of ether oxygens (including phenoxy) is 1. The Hall–Kier alpha value is -3.29. The zero-order valence-electron chi connectivity index (χ0n) is 16.3. The molecule has 0 aromatic heterocycles. The Morgan fingerprint density at radius 3 is 2.35 bits per heavy atom. The van der Waals surface area contributed by atoms with Gasteiger partial charge in [0.15, 0.2) is 6.73 Å². The third-order valence-electron chi connectivity index (χ3n) is 4.76. The van der Waals surface area contributed by atoms with Gasteiger partial charge in [-0.25, -0.2) is 4.79 Å². The van der Waals surface area contributed by atoms with Gasteiger partial charge in [0.05, 0.1) is 15.0 Å². The average molecular weight is 461 g/mol. The van der Waals surface area contributed by atoms with Crippen LogP contribution in [0.3, 0.4) is 0 Å². The predicted octanol–water partition coefficient (Wildman–Crippen LogP) is 6.20. The second-order valence-corrected chi connectivity index (χ2v) is 7.54. The first kappa shape index (κ1) is 22.4. The van der Waals surface area contributed by atoms with Crippen molar-refractivity contribution >= 4 is 40.5 Å². The minimum atomic E-state index is -1.31. The number of nitro benzene ring substituents is 1. The number of carboxylic acids is 1. The Morgan fingerprint density at radius 1 is 1.06 bits per heavy atom. The maximum atomic E-state index is 11.3. The number of non-ortho nitro benzene ring substituents is 1. The summed E-state index contributed by atoms with van der Waals surface area (Å²) in [5, 5.41) is 24.1. The van der Waals surface area contributed by atoms with Crippen LogP contribution in [0.4, 0.5) is 11.4 Å². The summed E-state index contributed by atoms with van der Waals surface area (Å²) in [5.74, 6) is -1.16. The van der Waals surface area contributed by atoms with E-state index in [0.717, 1.165) is 22.9 Å². The quantitative estimate of drug-likeness (QED) is 0.235. The Balaban J connectivity index is 1.64. The molecular formula is C22H18Cl2N2O5. The van der Waals surface area contributed by atoms with E-state index in [2.05, 4.69) is 12.2 Å². The number of nitrogens with zero attached hydrogens (tertiary/aromatic N) is 1. The van der Waals surface area contributed by atoms with E-state index in [1.807, 2.05) is 36.4 Å². The van der Waals surface area contributed by atoms with Crippen LogP contribution in [0, 0.1) is 10.1 Å². The highest BCUT2D eigenvalue weighted by atomic mass is 35.5. The normalized spacial score (nSPS) is 11.6. The highest BCUT2D eigenvalue weighted by Crippen LogP contribution is 2.30. The van der Waals surface area contributed by atoms with Crippen LogP contribution in [-0.4, -0.2) is 22.7 Å². The van der Waals surface area contributed by atoms with Gasteiger partial charge in [-0.3, -0.25) is 10.1 Å². The molecule has 3 aromatic carbocycles. The van der Waals surface area contributed by atoms with E-state index in [1.165, 1.54) is 12.1 Å². The van der Waals surface area contributed by atoms with Gasteiger partial charge in [0, 0.05) is 23.7 Å². The summed E-state index contributed by atoms with van der Waals surface area (Å²) in [5.41, 5.74) is 2.29. The summed E-state index contributed by atoms with van der Waals surface area (Å²) < 4.78 is 5.47. The number of nitro groups is 1. The third-order valence-corrected chi connectivity index (χ3v) is 5.50. The number of carbonyl (C=O) groups is 1. The van der Waals surface area contributed by atoms with Crippen LogP contribution in [0.15, 0.2) is 60.7 Å². The van der Waals surface area contributed by atoms with Gasteiger partial charge in [0.1, 0.15) is 11.3 Å². The van der Waals surface area contributed by atoms with Crippen LogP contribution in [0.2, 0.25) is 10.0 Å². The van der Waals surface area contributed by atoms with Gasteiger partial charge in [0.25, 0.3) is 5.69 Å². The van der Waals surface area contributed by atoms with E-state index in [1.54, 1.807) is 6.07 Å². The molecule has 0 saturated carbocycles. The standard InChI is InChI=1S/C22H18Cl2N2O5/c1-13(15-4-8-19(23)20(24)10-15)14-2-5-16(6-3-14)25-12-31-21-9-7-17(26(29)30)11-18(21)22(27)28/h2-11,13,25H,12H2,1H3,(H,27,28). The van der Waals surface area contributed by atoms with E-state index in [4.69, 9.17) is 27.9 Å². The molecular weight excluding hydrogens is 443 g/mol. The zero-order chi connectivity index (χ0) is 22.5. The summed E-state index contributed by atoms with van der Waals surface area (Å²) in [4.78, 5) is 21.5. The van der Waals surface area contributed by atoms with Gasteiger partial charge in [-0.15, -0.1) is 0 Å². The Bertz CT molecular complexity index is 1120. The molecule has 1 unspecified atom stereocenters. The Kier molecular flexibility index (Phi) is 6.99. The maximum Gasteiger partial charge on any atom is 0.339 e. The average Bonchev–Trinajstić information content (AvgIpc) is 2.75. The highest BCUT2D eigenvalue weighted by molar-refractivity contribution is 6.42. The third kappa shape index (κ3) is 5.45. The molecule has 0 aliphatic carbocycles. The largest absolute Gasteiger partial charge is 0.478 e. The van der Waals surface area contributed by atoms with Gasteiger partial charge in [-0.05, 0) is 41.5 Å². The molecule has 0 fully saturated rings. The number of halogens is 2. The summed E-state index contributed by atoms with van der Waals surface area (Å²) in [6, 6.07) is 16.7. The molecule has 160 valence electrons. The fourth-order valence-electron chi connectivity index (χ4n) is 2.99. The van der Waals surface area contributed by atoms with Crippen LogP contribution in [-0.2, 0) is 0 Å². The highest BCUT2D eigenvalue weighted by Gasteiger charge is 2.17. The molecule has 3 rings (SSSR count). The van der Waals surface area contributed by atoms with Crippen molar-refractivity contribution in [2.24, 2.45) is 0 Å². The topological polar surface area (TPSA) is 102 Å². The minimum Gasteiger partial charge on any atom is -0.478 e. The Labute approximate surface area is 188 Å². The van der Waals surface area contributed by atoms with Crippen LogP contribution in [0.25, 0.3) is 0 Å². The van der Waals surface area contributed by atoms with Gasteiger partial charge >= 0.3 is 5.97 Å². The van der Waals surface area contributed by atoms with Crippen LogP contribution >= 0.6 is 23.2 Å². The molecule has 3 aromatic rings. The second kappa shape index (κ2) is 9.68. The molecule has 7 nitrogen and oxygen atoms in total. The molecule has 0 heterocycles. The van der Waals surface area contributed by atoms with E-state index in [-0.39, 0.29) is 29.6 Å². The number of anilines is 1. The molecule has 0 aliphatic rings. The van der Waals surface area contributed by atoms with Crippen molar-refractivity contribution in [3.63, 3.8) is 0 Å². The van der Waals surface area contributed by atoms with Crippen molar-refractivity contribution in [2.75, 3.05) is 12.0 Å². The van der Waals surface area contributed by atoms with E-state index in [9.17, 15) is 20.0 Å². The predicted molar refractivity (Wildman–Crippen MR) is 120 cm³/mol. The van der Waals surface area contributed by atoms with Gasteiger partial charge < -0.3 is 15.2 Å². The second-order valence-electron chi connectivity index (χ2n) is 6.73. The maximum absolute atomic E-state index is 11.3. The number of hydrogen-bond donors (Lipinski definition) is 2. The lowest BCUT2D eigenvalue weighted by molar-refractivity contribution is -0.384. The first-order valence-electron chi connectivity index (χ1n) is 9.19. The number of carboxylic acid groups (broad SMARTS) is 1. The molecule has 0 saturated heterocycles. The van der Waals surface area contributed by atoms with Crippen molar-refractivity contribution in [3.05, 3.63) is 97.5 Å². The van der Waals surface area contributed by atoms with Crippen LogP contribution < -0.4 is 10.1 Å². The van der Waals surface area contributed by atoms with E-state index < -0.39 is 10.9 Å². The monoisotopic (exact) mass is 460 g/mol. The fraction of sp³-hybridized carbons (Fsp3) is 0.136. The summed E-state index contributed by atoms with van der Waals surface area (Å²) in [7, 11) is 0. The number of rotatable bonds is 8. The molecule has 9 heteroatoms. The molecule has 0 amide bonds. The smallest absolute Gasteiger partial charge is 0.339 e. The van der Waals surface area contributed by atoms with Crippen molar-refractivity contribution in [1.82, 2.24) is 0 Å². The first-order valence-corrected chi connectivity index (χ1v) is 9.95. The van der Waals surface area contributed by atoms with Crippen molar-refractivity contribution in [2.45, 2.75) is 12.8 Å². The minimum absolute atomic E-state index is 0.0141. The lowest BCUT2D eigenvalue weighted by Gasteiger charge is -2.15. The SMILES string of the molecule is CC(c1ccc(NCOc2ccc([N+](=O)[O-])cc2C(=O)O)cc1)c1ccc(Cl)c(Cl)c1. The first-order chi connectivity index (χ1) is 14.8. The molecule has 0 spiro atoms. The van der Waals surface area contributed by atoms with Gasteiger partial charge in [-0.2, -0.15) is 0 Å². The Morgan fingerprint density at radius 2 is 1.74 bits per heavy atom. The molecule has 1 atom stereocenters. The fourth-order valence-corrected chi connectivity index (χ4v) is 3.29. The summed E-state index contributed by atoms with van der Waals surface area (Å²) in [6.45, 7) is 2.05. The number of hydrogen-bond acceptors (Lipinski definition) is 5. The van der Waals surface area contributed by atoms with E-state index in [0.29, 0.717) is 10.0 Å². The van der Waals surface area contributed by atoms with Crippen LogP contribution in [0.5, 0.6) is 5.75 Å². The molecule has 0 bridgehead atoms. The lowest BCUT2D eigenvalue weighted by atomic mass is 9.93. The van der Waals surface area contributed by atoms with Crippen molar-refractivity contribution < 1.29 is 19.6 Å². The van der Waals surface area contributed by atoms with Crippen LogP contribution in [0.1, 0.15) is 34.3 Å². The number of nitrogens with one attached hydrogen (secondary N) is 1. The molecule has 31 heavy (non-hydrogen) atoms.